The summed E-state index contributed by atoms with van der Waals surface area (Å²) >= 11 is 6.51. The van der Waals surface area contributed by atoms with Crippen LogP contribution in [0.4, 0.5) is 13.2 Å². The van der Waals surface area contributed by atoms with Gasteiger partial charge in [-0.3, -0.25) is 14.4 Å². The molecule has 3 aromatic carbocycles. The Morgan fingerprint density at radius 2 is 1.76 bits per heavy atom. The van der Waals surface area contributed by atoms with E-state index in [1.807, 2.05) is 53.4 Å². The first-order valence-corrected chi connectivity index (χ1v) is 16.9. The Kier molecular flexibility index (Phi) is 12.2. The minimum Gasteiger partial charge on any atom is -0.488 e. The molecule has 266 valence electrons. The van der Waals surface area contributed by atoms with Gasteiger partial charge < -0.3 is 30.7 Å². The fourth-order valence-corrected chi connectivity index (χ4v) is 6.71. The second-order valence-electron chi connectivity index (χ2n) is 12.7. The summed E-state index contributed by atoms with van der Waals surface area (Å²) in [6.45, 7) is 2.67. The molecule has 2 fully saturated rings. The molecule has 13 heteroatoms. The van der Waals surface area contributed by atoms with Crippen molar-refractivity contribution in [2.75, 3.05) is 19.7 Å². The van der Waals surface area contributed by atoms with E-state index in [0.717, 1.165) is 47.2 Å². The number of nitrogens with one attached hydrogen (secondary N) is 1. The van der Waals surface area contributed by atoms with E-state index >= 15 is 0 Å². The number of piperazine rings is 1. The van der Waals surface area contributed by atoms with Gasteiger partial charge in [-0.05, 0) is 79.5 Å². The number of amides is 2. The van der Waals surface area contributed by atoms with Crippen molar-refractivity contribution >= 4 is 35.5 Å². The molecular weight excluding hydrogens is 673 g/mol. The Morgan fingerprint density at radius 3 is 2.42 bits per heavy atom. The summed E-state index contributed by atoms with van der Waals surface area (Å²) in [7, 11) is 0. The summed E-state index contributed by atoms with van der Waals surface area (Å²) in [4.78, 5) is 39.6. The highest BCUT2D eigenvalue weighted by molar-refractivity contribution is 6.31. The largest absolute Gasteiger partial charge is 0.488 e. The molecule has 0 spiro atoms. The van der Waals surface area contributed by atoms with Gasteiger partial charge in [0.1, 0.15) is 0 Å². The molecule has 3 aromatic rings. The molecule has 1 aliphatic carbocycles. The van der Waals surface area contributed by atoms with Crippen molar-refractivity contribution in [3.63, 3.8) is 0 Å². The number of carboxylic acid groups (broad SMARTS) is 1. The predicted molar refractivity (Wildman–Crippen MR) is 183 cm³/mol. The van der Waals surface area contributed by atoms with Gasteiger partial charge in [0.15, 0.2) is 17.4 Å². The third kappa shape index (κ3) is 8.66. The molecule has 6 rings (SSSR count). The highest BCUT2D eigenvalue weighted by Gasteiger charge is 2.43. The molecule has 9 nitrogen and oxygen atoms in total. The number of carbonyl (C=O) groups is 3. The first-order chi connectivity index (χ1) is 24.0. The summed E-state index contributed by atoms with van der Waals surface area (Å²) in [5, 5.41) is 11.1. The lowest BCUT2D eigenvalue weighted by atomic mass is 9.82. The molecular formula is C37H40ClF3N4O5. The zero-order valence-corrected chi connectivity index (χ0v) is 28.3. The Labute approximate surface area is 293 Å². The molecule has 2 amide bonds. The number of carbonyl (C=O) groups excluding carboxylic acids is 2. The van der Waals surface area contributed by atoms with Crippen molar-refractivity contribution in [3.8, 4) is 5.75 Å². The molecule has 2 heterocycles. The van der Waals surface area contributed by atoms with Gasteiger partial charge in [0.2, 0.25) is 11.7 Å². The number of fused-ring (bicyclic) bond motifs is 2. The molecule has 0 unspecified atom stereocenters. The van der Waals surface area contributed by atoms with E-state index in [2.05, 4.69) is 5.32 Å². The van der Waals surface area contributed by atoms with Crippen molar-refractivity contribution in [3.05, 3.63) is 105 Å². The van der Waals surface area contributed by atoms with Gasteiger partial charge in [-0.1, -0.05) is 54.1 Å². The number of nitrogens with two attached hydrogens (primary N) is 1. The fourth-order valence-electron chi connectivity index (χ4n) is 6.52. The van der Waals surface area contributed by atoms with Gasteiger partial charge in [-0.25, -0.2) is 8.78 Å². The third-order valence-corrected chi connectivity index (χ3v) is 9.41. The van der Waals surface area contributed by atoms with Crippen LogP contribution >= 0.6 is 11.6 Å². The van der Waals surface area contributed by atoms with Crippen LogP contribution in [0.1, 0.15) is 49.3 Å². The van der Waals surface area contributed by atoms with Crippen LogP contribution < -0.4 is 15.8 Å². The van der Waals surface area contributed by atoms with E-state index in [0.29, 0.717) is 49.5 Å². The Bertz CT molecular complexity index is 1730. The standard InChI is InChI=1S/C36H38ClF3N4O3.CH2O2/c1-21(41)35(45)43-19-25-17-27(23-10-8-22(9-11-23)5-4-16-47-34-30(39)15-14-29(38)33(34)40)32(31(20-43)42-25)36(46)44(26-12-13-26)18-24-6-2-3-7-28(24)37;2-1-3/h2-3,6-11,14-15,21,25-26,31,42H,4-5,12-13,16-20,41H2,1H3;1H,(H,2,3)/t21-,25+,31+;/m0./s1. The lowest BCUT2D eigenvalue weighted by Crippen LogP contribution is -2.63. The van der Waals surface area contributed by atoms with Crippen LogP contribution in [0, 0.1) is 17.5 Å². The lowest BCUT2D eigenvalue weighted by molar-refractivity contribution is -0.135. The molecule has 2 aliphatic heterocycles. The van der Waals surface area contributed by atoms with Crippen molar-refractivity contribution in [1.82, 2.24) is 15.1 Å². The molecule has 50 heavy (non-hydrogen) atoms. The normalized spacial score (nSPS) is 18.9. The van der Waals surface area contributed by atoms with E-state index in [-0.39, 0.29) is 43.0 Å². The van der Waals surface area contributed by atoms with Crippen LogP contribution in [0.3, 0.4) is 0 Å². The van der Waals surface area contributed by atoms with Crippen LogP contribution in [-0.2, 0) is 27.3 Å². The highest BCUT2D eigenvalue weighted by atomic mass is 35.5. The Balaban J connectivity index is 0.00000156. The van der Waals surface area contributed by atoms with Crippen LogP contribution in [-0.4, -0.2) is 77.1 Å². The Morgan fingerprint density at radius 1 is 1.08 bits per heavy atom. The molecule has 3 atom stereocenters. The molecule has 1 saturated heterocycles. The molecule has 1 saturated carbocycles. The van der Waals surface area contributed by atoms with Gasteiger partial charge in [0.05, 0.1) is 18.7 Å². The number of hydrogen-bond donors (Lipinski definition) is 3. The zero-order valence-electron chi connectivity index (χ0n) is 27.6. The van der Waals surface area contributed by atoms with E-state index < -0.39 is 29.2 Å². The lowest BCUT2D eigenvalue weighted by Gasteiger charge is -2.45. The van der Waals surface area contributed by atoms with Gasteiger partial charge >= 0.3 is 0 Å². The summed E-state index contributed by atoms with van der Waals surface area (Å²) in [6.07, 6.45) is 3.43. The van der Waals surface area contributed by atoms with Crippen molar-refractivity contribution in [1.29, 1.82) is 0 Å². The Hall–Kier alpha value is -4.39. The van der Waals surface area contributed by atoms with Crippen LogP contribution in [0.25, 0.3) is 5.57 Å². The SMILES string of the molecule is C[C@H](N)C(=O)N1C[C@H]2CC(c3ccc(CCCOc4c(F)ccc(F)c4F)cc3)=C(C(=O)N(Cc3ccccc3Cl)C3CC3)[C@@H](C1)N2.O=CO. The summed E-state index contributed by atoms with van der Waals surface area (Å²) in [5.41, 5.74) is 10.4. The number of nitrogens with zero attached hydrogens (tertiary/aromatic N) is 2. The van der Waals surface area contributed by atoms with Gasteiger partial charge in [-0.2, -0.15) is 4.39 Å². The number of hydrogen-bond acceptors (Lipinski definition) is 6. The minimum absolute atomic E-state index is 0.0109. The van der Waals surface area contributed by atoms with Crippen molar-refractivity contribution < 1.29 is 37.4 Å². The molecule has 2 bridgehead atoms. The summed E-state index contributed by atoms with van der Waals surface area (Å²) in [6, 6.07) is 16.1. The average Bonchev–Trinajstić information content (AvgIpc) is 3.94. The van der Waals surface area contributed by atoms with E-state index in [9.17, 15) is 22.8 Å². The minimum atomic E-state index is -1.34. The number of ether oxygens (including phenoxy) is 1. The number of aryl methyl sites for hydroxylation is 1. The van der Waals surface area contributed by atoms with Gasteiger partial charge in [0, 0.05) is 42.3 Å². The van der Waals surface area contributed by atoms with Crippen LogP contribution in [0.2, 0.25) is 5.02 Å². The predicted octanol–water partition coefficient (Wildman–Crippen LogP) is 5.33. The second-order valence-corrected chi connectivity index (χ2v) is 13.1. The van der Waals surface area contributed by atoms with E-state index in [1.165, 1.54) is 0 Å². The maximum Gasteiger partial charge on any atom is 0.290 e. The average molecular weight is 713 g/mol. The van der Waals surface area contributed by atoms with E-state index in [4.69, 9.17) is 32.0 Å². The maximum absolute atomic E-state index is 14.6. The monoisotopic (exact) mass is 712 g/mol. The smallest absolute Gasteiger partial charge is 0.290 e. The number of rotatable bonds is 11. The maximum atomic E-state index is 14.6. The third-order valence-electron chi connectivity index (χ3n) is 9.04. The van der Waals surface area contributed by atoms with Crippen LogP contribution in [0.5, 0.6) is 5.75 Å². The number of benzene rings is 3. The zero-order chi connectivity index (χ0) is 35.9. The second kappa shape index (κ2) is 16.5. The van der Waals surface area contributed by atoms with Crippen LogP contribution in [0.15, 0.2) is 66.2 Å². The molecule has 0 aromatic heterocycles. The molecule has 3 aliphatic rings. The first-order valence-electron chi connectivity index (χ1n) is 16.5. The fraction of sp³-hybridized carbons (Fsp3) is 0.378. The molecule has 4 N–H and O–H groups in total. The topological polar surface area (TPSA) is 125 Å². The molecule has 0 radical (unpaired) electrons. The quantitative estimate of drug-likeness (QED) is 0.139. The van der Waals surface area contributed by atoms with Gasteiger partial charge in [0.25, 0.3) is 12.4 Å². The summed E-state index contributed by atoms with van der Waals surface area (Å²) in [5.74, 6) is -4.36. The summed E-state index contributed by atoms with van der Waals surface area (Å²) < 4.78 is 46.5. The van der Waals surface area contributed by atoms with Crippen molar-refractivity contribution in [2.45, 2.75) is 69.7 Å². The highest BCUT2D eigenvalue weighted by Crippen LogP contribution is 2.38. The van der Waals surface area contributed by atoms with Crippen molar-refractivity contribution in [2.24, 2.45) is 5.73 Å². The van der Waals surface area contributed by atoms with Gasteiger partial charge in [-0.15, -0.1) is 0 Å². The van der Waals surface area contributed by atoms with E-state index in [1.54, 1.807) is 11.8 Å². The first kappa shape index (κ1) is 36.9. The number of halogens is 4.